The predicted molar refractivity (Wildman–Crippen MR) is 88.1 cm³/mol. The summed E-state index contributed by atoms with van der Waals surface area (Å²) in [5.41, 5.74) is 6.90. The van der Waals surface area contributed by atoms with Gasteiger partial charge in [-0.3, -0.25) is 0 Å². The molecule has 4 nitrogen and oxygen atoms in total. The second-order valence-corrected chi connectivity index (χ2v) is 5.67. The van der Waals surface area contributed by atoms with Crippen molar-refractivity contribution in [3.63, 3.8) is 0 Å². The van der Waals surface area contributed by atoms with E-state index in [1.165, 1.54) is 0 Å². The molecule has 0 radical (unpaired) electrons. The van der Waals surface area contributed by atoms with E-state index in [4.69, 9.17) is 5.73 Å². The van der Waals surface area contributed by atoms with E-state index >= 15 is 0 Å². The molecule has 0 saturated heterocycles. The molecule has 0 aliphatic heterocycles. The van der Waals surface area contributed by atoms with Gasteiger partial charge in [0.2, 0.25) is 0 Å². The molecule has 0 spiro atoms. The van der Waals surface area contributed by atoms with E-state index in [1.54, 1.807) is 0 Å². The van der Waals surface area contributed by atoms with Gasteiger partial charge in [-0.15, -0.1) is 0 Å². The van der Waals surface area contributed by atoms with Crippen molar-refractivity contribution < 1.29 is 0 Å². The fourth-order valence-corrected chi connectivity index (χ4v) is 2.63. The highest BCUT2D eigenvalue weighted by atomic mass is 32.2. The Balaban J connectivity index is 2.34. The predicted octanol–water partition coefficient (Wildman–Crippen LogP) is 2.91. The number of thioether (sulfide) groups is 1. The van der Waals surface area contributed by atoms with Crippen molar-refractivity contribution in [2.45, 2.75) is 13.0 Å². The standard InChI is InChI=1S/C15H20N4S/c1-11(10-20-3)19(2)14-9-13(16)17-15(18-14)12-7-5-4-6-8-12/h4-9,11H,10H2,1-3H3,(H2,16,17,18). The van der Waals surface area contributed by atoms with E-state index < -0.39 is 0 Å². The Labute approximate surface area is 124 Å². The Morgan fingerprint density at radius 1 is 1.25 bits per heavy atom. The molecule has 5 heteroatoms. The van der Waals surface area contributed by atoms with Gasteiger partial charge in [-0.25, -0.2) is 9.97 Å². The zero-order chi connectivity index (χ0) is 14.5. The third-order valence-corrected chi connectivity index (χ3v) is 4.01. The van der Waals surface area contributed by atoms with Gasteiger partial charge in [-0.05, 0) is 13.2 Å². The quantitative estimate of drug-likeness (QED) is 0.916. The Morgan fingerprint density at radius 2 is 1.95 bits per heavy atom. The fourth-order valence-electron chi connectivity index (χ4n) is 1.93. The number of benzene rings is 1. The molecule has 2 rings (SSSR count). The molecule has 0 aliphatic rings. The first-order valence-electron chi connectivity index (χ1n) is 6.53. The van der Waals surface area contributed by atoms with Crippen molar-refractivity contribution in [2.75, 3.05) is 29.7 Å². The van der Waals surface area contributed by atoms with Crippen LogP contribution in [0.25, 0.3) is 11.4 Å². The molecule has 1 aromatic heterocycles. The summed E-state index contributed by atoms with van der Waals surface area (Å²) in [7, 11) is 2.04. The minimum Gasteiger partial charge on any atom is -0.384 e. The summed E-state index contributed by atoms with van der Waals surface area (Å²) >= 11 is 1.82. The highest BCUT2D eigenvalue weighted by molar-refractivity contribution is 7.98. The highest BCUT2D eigenvalue weighted by Gasteiger charge is 2.13. The molecule has 106 valence electrons. The van der Waals surface area contributed by atoms with Crippen LogP contribution in [0.4, 0.5) is 11.6 Å². The molecule has 0 aliphatic carbocycles. The summed E-state index contributed by atoms with van der Waals surface area (Å²) in [6.07, 6.45) is 2.11. The van der Waals surface area contributed by atoms with Crippen molar-refractivity contribution in [1.29, 1.82) is 0 Å². The molecule has 2 aromatic rings. The first-order chi connectivity index (χ1) is 9.61. The largest absolute Gasteiger partial charge is 0.384 e. The second kappa shape index (κ2) is 6.61. The van der Waals surface area contributed by atoms with Gasteiger partial charge in [0.15, 0.2) is 5.82 Å². The average Bonchev–Trinajstić information content (AvgIpc) is 2.47. The lowest BCUT2D eigenvalue weighted by Crippen LogP contribution is -2.31. The number of nitrogen functional groups attached to an aromatic ring is 1. The molecule has 0 amide bonds. The van der Waals surface area contributed by atoms with Crippen LogP contribution >= 0.6 is 11.8 Å². The molecule has 1 unspecified atom stereocenters. The van der Waals surface area contributed by atoms with Crippen molar-refractivity contribution in [2.24, 2.45) is 0 Å². The van der Waals surface area contributed by atoms with E-state index in [9.17, 15) is 0 Å². The fraction of sp³-hybridized carbons (Fsp3) is 0.333. The molecule has 2 N–H and O–H groups in total. The molecule has 0 bridgehead atoms. The van der Waals surface area contributed by atoms with Gasteiger partial charge in [-0.1, -0.05) is 30.3 Å². The van der Waals surface area contributed by atoms with Crippen molar-refractivity contribution >= 4 is 23.4 Å². The lowest BCUT2D eigenvalue weighted by molar-refractivity contribution is 0.753. The number of rotatable bonds is 5. The molecular formula is C15H20N4S. The van der Waals surface area contributed by atoms with Gasteiger partial charge in [0.1, 0.15) is 11.6 Å². The number of nitrogens with two attached hydrogens (primary N) is 1. The summed E-state index contributed by atoms with van der Waals surface area (Å²) < 4.78 is 0. The number of aromatic nitrogens is 2. The van der Waals surface area contributed by atoms with Gasteiger partial charge in [-0.2, -0.15) is 11.8 Å². The van der Waals surface area contributed by atoms with Crippen LogP contribution in [-0.2, 0) is 0 Å². The van der Waals surface area contributed by atoms with Crippen LogP contribution < -0.4 is 10.6 Å². The molecule has 0 saturated carbocycles. The van der Waals surface area contributed by atoms with Crippen LogP contribution in [0.3, 0.4) is 0 Å². The van der Waals surface area contributed by atoms with Crippen molar-refractivity contribution in [3.05, 3.63) is 36.4 Å². The average molecular weight is 288 g/mol. The number of nitrogens with zero attached hydrogens (tertiary/aromatic N) is 3. The molecule has 20 heavy (non-hydrogen) atoms. The lowest BCUT2D eigenvalue weighted by Gasteiger charge is -2.25. The van der Waals surface area contributed by atoms with Crippen LogP contribution in [-0.4, -0.2) is 35.1 Å². The smallest absolute Gasteiger partial charge is 0.163 e. The van der Waals surface area contributed by atoms with E-state index in [1.807, 2.05) is 55.2 Å². The van der Waals surface area contributed by atoms with Gasteiger partial charge < -0.3 is 10.6 Å². The maximum absolute atomic E-state index is 5.93. The normalized spacial score (nSPS) is 12.2. The Kier molecular flexibility index (Phi) is 4.84. The van der Waals surface area contributed by atoms with Crippen LogP contribution in [0.15, 0.2) is 36.4 Å². The summed E-state index contributed by atoms with van der Waals surface area (Å²) in [6.45, 7) is 2.18. The minimum absolute atomic E-state index is 0.392. The third-order valence-electron chi connectivity index (χ3n) is 3.19. The van der Waals surface area contributed by atoms with Crippen LogP contribution in [0, 0.1) is 0 Å². The zero-order valence-corrected chi connectivity index (χ0v) is 12.9. The maximum atomic E-state index is 5.93. The third kappa shape index (κ3) is 3.42. The second-order valence-electron chi connectivity index (χ2n) is 4.76. The molecule has 1 aromatic carbocycles. The van der Waals surface area contributed by atoms with Crippen molar-refractivity contribution in [3.8, 4) is 11.4 Å². The Hall–Kier alpha value is -1.75. The van der Waals surface area contributed by atoms with Gasteiger partial charge in [0.05, 0.1) is 0 Å². The monoisotopic (exact) mass is 288 g/mol. The van der Waals surface area contributed by atoms with E-state index in [-0.39, 0.29) is 0 Å². The summed E-state index contributed by atoms with van der Waals surface area (Å²) in [5, 5.41) is 0. The zero-order valence-electron chi connectivity index (χ0n) is 12.1. The van der Waals surface area contributed by atoms with E-state index in [0.29, 0.717) is 17.7 Å². The number of hydrogen-bond donors (Lipinski definition) is 1. The van der Waals surface area contributed by atoms with Gasteiger partial charge in [0, 0.05) is 30.5 Å². The maximum Gasteiger partial charge on any atom is 0.163 e. The summed E-state index contributed by atoms with van der Waals surface area (Å²) in [4.78, 5) is 11.1. The first kappa shape index (κ1) is 14.7. The van der Waals surface area contributed by atoms with Crippen LogP contribution in [0.5, 0.6) is 0 Å². The van der Waals surface area contributed by atoms with E-state index in [2.05, 4.69) is 28.0 Å². The Bertz CT molecular complexity index is 559. The molecule has 1 atom stereocenters. The molecule has 1 heterocycles. The molecule has 0 fully saturated rings. The van der Waals surface area contributed by atoms with Crippen LogP contribution in [0.2, 0.25) is 0 Å². The number of hydrogen-bond acceptors (Lipinski definition) is 5. The summed E-state index contributed by atoms with van der Waals surface area (Å²) in [5.74, 6) is 3.07. The lowest BCUT2D eigenvalue weighted by atomic mass is 10.2. The topological polar surface area (TPSA) is 55.0 Å². The first-order valence-corrected chi connectivity index (χ1v) is 7.93. The number of anilines is 2. The van der Waals surface area contributed by atoms with Gasteiger partial charge >= 0.3 is 0 Å². The SMILES string of the molecule is CSCC(C)N(C)c1cc(N)nc(-c2ccccc2)n1. The minimum atomic E-state index is 0.392. The van der Waals surface area contributed by atoms with E-state index in [0.717, 1.165) is 17.1 Å². The Morgan fingerprint density at radius 3 is 2.60 bits per heavy atom. The van der Waals surface area contributed by atoms with Crippen molar-refractivity contribution in [1.82, 2.24) is 9.97 Å². The summed E-state index contributed by atoms with van der Waals surface area (Å²) in [6, 6.07) is 12.1. The van der Waals surface area contributed by atoms with Crippen LogP contribution in [0.1, 0.15) is 6.92 Å². The highest BCUT2D eigenvalue weighted by Crippen LogP contribution is 2.22. The molecular weight excluding hydrogens is 268 g/mol. The van der Waals surface area contributed by atoms with Gasteiger partial charge in [0.25, 0.3) is 0 Å².